The summed E-state index contributed by atoms with van der Waals surface area (Å²) in [5.74, 6) is -0.856. The fourth-order valence-corrected chi connectivity index (χ4v) is 10.3. The van der Waals surface area contributed by atoms with E-state index in [-0.39, 0.29) is 31.1 Å². The van der Waals surface area contributed by atoms with Crippen molar-refractivity contribution < 1.29 is 28.6 Å². The van der Waals surface area contributed by atoms with E-state index >= 15 is 0 Å². The summed E-state index contributed by atoms with van der Waals surface area (Å²) in [7, 11) is 0. The molecule has 0 fully saturated rings. The minimum Gasteiger partial charge on any atom is -0.462 e. The molecule has 78 heavy (non-hydrogen) atoms. The first kappa shape index (κ1) is 75.4. The van der Waals surface area contributed by atoms with E-state index in [1.807, 2.05) is 0 Å². The van der Waals surface area contributed by atoms with Gasteiger partial charge in [0.2, 0.25) is 0 Å². The van der Waals surface area contributed by atoms with Gasteiger partial charge in [-0.05, 0) is 83.5 Å². The molecule has 0 saturated carbocycles. The van der Waals surface area contributed by atoms with Crippen LogP contribution in [0.3, 0.4) is 0 Å². The van der Waals surface area contributed by atoms with E-state index in [1.54, 1.807) is 0 Å². The summed E-state index contributed by atoms with van der Waals surface area (Å²) in [4.78, 5) is 38.4. The van der Waals surface area contributed by atoms with Gasteiger partial charge in [0.05, 0.1) is 0 Å². The van der Waals surface area contributed by atoms with Crippen LogP contribution < -0.4 is 0 Å². The van der Waals surface area contributed by atoms with Crippen molar-refractivity contribution in [1.82, 2.24) is 0 Å². The molecule has 0 aromatic carbocycles. The van der Waals surface area contributed by atoms with Crippen LogP contribution in [0.5, 0.6) is 0 Å². The molecular formula is C72H132O6. The van der Waals surface area contributed by atoms with Crippen LogP contribution in [-0.4, -0.2) is 37.2 Å². The highest BCUT2D eigenvalue weighted by Crippen LogP contribution is 2.18. The quantitative estimate of drug-likeness (QED) is 0.0261. The zero-order chi connectivity index (χ0) is 56.4. The molecule has 1 unspecified atom stereocenters. The first-order valence-corrected chi connectivity index (χ1v) is 34.6. The first-order chi connectivity index (χ1) is 38.5. The maximum atomic E-state index is 13.0. The molecule has 1 atom stereocenters. The molecule has 0 bridgehead atoms. The fourth-order valence-electron chi connectivity index (χ4n) is 10.3. The Morgan fingerprint density at radius 2 is 0.462 bits per heavy atom. The van der Waals surface area contributed by atoms with Gasteiger partial charge in [-0.2, -0.15) is 0 Å². The Kier molecular flexibility index (Phi) is 64.6. The number of ether oxygens (including phenoxy) is 3. The number of hydrogen-bond acceptors (Lipinski definition) is 6. The van der Waals surface area contributed by atoms with Crippen molar-refractivity contribution >= 4 is 17.9 Å². The molecule has 0 aliphatic rings. The molecular weight excluding hydrogens is 961 g/mol. The van der Waals surface area contributed by atoms with E-state index < -0.39 is 6.10 Å². The minimum absolute atomic E-state index is 0.0720. The van der Waals surface area contributed by atoms with E-state index in [0.29, 0.717) is 19.3 Å². The zero-order valence-electron chi connectivity index (χ0n) is 52.5. The maximum Gasteiger partial charge on any atom is 0.306 e. The summed E-state index contributed by atoms with van der Waals surface area (Å²) >= 11 is 0. The Labute approximate surface area is 486 Å². The normalized spacial score (nSPS) is 12.3. The summed E-state index contributed by atoms with van der Waals surface area (Å²) in [6.07, 6.45) is 84.1. The molecule has 0 N–H and O–H groups in total. The Morgan fingerprint density at radius 1 is 0.256 bits per heavy atom. The third-order valence-corrected chi connectivity index (χ3v) is 15.6. The highest BCUT2D eigenvalue weighted by molar-refractivity contribution is 5.71. The summed E-state index contributed by atoms with van der Waals surface area (Å²) in [5.41, 5.74) is 0. The van der Waals surface area contributed by atoms with Gasteiger partial charge in [-0.3, -0.25) is 14.4 Å². The van der Waals surface area contributed by atoms with Crippen LogP contribution in [0, 0.1) is 0 Å². The molecule has 0 radical (unpaired) electrons. The molecule has 0 aliphatic carbocycles. The lowest BCUT2D eigenvalue weighted by molar-refractivity contribution is -0.167. The second-order valence-corrected chi connectivity index (χ2v) is 23.4. The van der Waals surface area contributed by atoms with E-state index in [1.165, 1.54) is 257 Å². The molecule has 0 rings (SSSR count). The van der Waals surface area contributed by atoms with Crippen LogP contribution in [0.4, 0.5) is 0 Å². The number of carbonyl (C=O) groups excluding carboxylic acids is 3. The van der Waals surface area contributed by atoms with Crippen molar-refractivity contribution in [2.24, 2.45) is 0 Å². The zero-order valence-corrected chi connectivity index (χ0v) is 52.5. The van der Waals surface area contributed by atoms with Gasteiger partial charge in [0.25, 0.3) is 0 Å². The van der Waals surface area contributed by atoms with E-state index in [9.17, 15) is 14.4 Å². The molecule has 6 nitrogen and oxygen atoms in total. The Morgan fingerprint density at radius 3 is 0.731 bits per heavy atom. The summed E-state index contributed by atoms with van der Waals surface area (Å²) in [6, 6.07) is 0. The second-order valence-electron chi connectivity index (χ2n) is 23.4. The average Bonchev–Trinajstić information content (AvgIpc) is 3.44. The standard InChI is InChI=1S/C72H132O6/c1-4-7-10-13-16-19-22-25-28-31-33-35-36-38-39-41-44-47-50-53-56-59-62-65-71(74)77-68-69(67-76-70(73)64-61-58-55-52-49-46-43-30-27-24-21-18-15-12-9-6-3)78-72(75)66-63-60-57-54-51-48-45-42-40-37-34-32-29-26-23-20-17-14-11-8-5-2/h22,25,31-34,36,38,69H,4-21,23-24,26-30,35,37,39-68H2,1-3H3/b25-22-,33-31-,34-32-,38-36-. The van der Waals surface area contributed by atoms with Gasteiger partial charge in [-0.25, -0.2) is 0 Å². The van der Waals surface area contributed by atoms with E-state index in [0.717, 1.165) is 77.0 Å². The Bertz CT molecular complexity index is 1350. The van der Waals surface area contributed by atoms with Gasteiger partial charge in [0, 0.05) is 19.3 Å². The summed E-state index contributed by atoms with van der Waals surface area (Å²) in [6.45, 7) is 6.69. The lowest BCUT2D eigenvalue weighted by Crippen LogP contribution is -2.30. The van der Waals surface area contributed by atoms with Gasteiger partial charge in [-0.1, -0.05) is 320 Å². The summed E-state index contributed by atoms with van der Waals surface area (Å²) in [5, 5.41) is 0. The van der Waals surface area contributed by atoms with Gasteiger partial charge >= 0.3 is 17.9 Å². The second kappa shape index (κ2) is 66.9. The third-order valence-electron chi connectivity index (χ3n) is 15.6. The number of unbranched alkanes of at least 4 members (excludes halogenated alkanes) is 45. The number of rotatable bonds is 64. The van der Waals surface area contributed by atoms with Crippen molar-refractivity contribution in [1.29, 1.82) is 0 Å². The van der Waals surface area contributed by atoms with Gasteiger partial charge in [-0.15, -0.1) is 0 Å². The summed E-state index contributed by atoms with van der Waals surface area (Å²) < 4.78 is 17.0. The average molecular weight is 1090 g/mol. The number of allylic oxidation sites excluding steroid dienone is 8. The number of esters is 3. The Hall–Kier alpha value is -2.63. The van der Waals surface area contributed by atoms with Crippen LogP contribution in [-0.2, 0) is 28.6 Å². The van der Waals surface area contributed by atoms with Gasteiger partial charge in [0.1, 0.15) is 13.2 Å². The molecule has 0 aliphatic heterocycles. The molecule has 0 aromatic rings. The van der Waals surface area contributed by atoms with Crippen molar-refractivity contribution in [3.05, 3.63) is 48.6 Å². The monoisotopic (exact) mass is 1090 g/mol. The van der Waals surface area contributed by atoms with E-state index in [4.69, 9.17) is 14.2 Å². The topological polar surface area (TPSA) is 78.9 Å². The Balaban J connectivity index is 4.34. The lowest BCUT2D eigenvalue weighted by atomic mass is 10.0. The maximum absolute atomic E-state index is 13.0. The van der Waals surface area contributed by atoms with Crippen LogP contribution >= 0.6 is 0 Å². The largest absolute Gasteiger partial charge is 0.462 e. The predicted molar refractivity (Wildman–Crippen MR) is 339 cm³/mol. The molecule has 0 aromatic heterocycles. The van der Waals surface area contributed by atoms with Crippen molar-refractivity contribution in [2.75, 3.05) is 13.2 Å². The van der Waals surface area contributed by atoms with Crippen LogP contribution in [0.25, 0.3) is 0 Å². The minimum atomic E-state index is -0.777. The fraction of sp³-hybridized carbons (Fsp3) is 0.847. The van der Waals surface area contributed by atoms with Crippen molar-refractivity contribution in [2.45, 2.75) is 380 Å². The van der Waals surface area contributed by atoms with Crippen LogP contribution in [0.15, 0.2) is 48.6 Å². The first-order valence-electron chi connectivity index (χ1n) is 34.6. The van der Waals surface area contributed by atoms with Crippen molar-refractivity contribution in [3.63, 3.8) is 0 Å². The predicted octanol–water partition coefficient (Wildman–Crippen LogP) is 23.7. The van der Waals surface area contributed by atoms with Crippen LogP contribution in [0.2, 0.25) is 0 Å². The molecule has 0 heterocycles. The van der Waals surface area contributed by atoms with Gasteiger partial charge in [0.15, 0.2) is 6.10 Å². The molecule has 0 saturated heterocycles. The number of carbonyl (C=O) groups is 3. The lowest BCUT2D eigenvalue weighted by Gasteiger charge is -2.18. The highest BCUT2D eigenvalue weighted by atomic mass is 16.6. The molecule has 6 heteroatoms. The molecule has 0 spiro atoms. The number of hydrogen-bond donors (Lipinski definition) is 0. The molecule has 456 valence electrons. The third kappa shape index (κ3) is 64.2. The molecule has 0 amide bonds. The van der Waals surface area contributed by atoms with Gasteiger partial charge < -0.3 is 14.2 Å². The van der Waals surface area contributed by atoms with Crippen molar-refractivity contribution in [3.8, 4) is 0 Å². The van der Waals surface area contributed by atoms with E-state index in [2.05, 4.69) is 69.4 Å². The smallest absolute Gasteiger partial charge is 0.306 e. The SMILES string of the molecule is CCCCCCC/C=C\C/C=C\C/C=C\CCCCCCCCCCC(=O)OCC(COC(=O)CCCCCCCCCCCCCCCCCC)OC(=O)CCCCCCCCCCC/C=C\CCCCCCCCCC. The highest BCUT2D eigenvalue weighted by Gasteiger charge is 2.19. The van der Waals surface area contributed by atoms with Crippen LogP contribution in [0.1, 0.15) is 374 Å².